The predicted octanol–water partition coefficient (Wildman–Crippen LogP) is 3.44. The highest BCUT2D eigenvalue weighted by molar-refractivity contribution is 5.93. The SMILES string of the molecule is CCCCC(c1cccnc1)N(C)C(=O)c1cnc(CC)nc1. The van der Waals surface area contributed by atoms with Gasteiger partial charge in [0.2, 0.25) is 0 Å². The maximum Gasteiger partial charge on any atom is 0.257 e. The average molecular weight is 312 g/mol. The molecule has 0 aliphatic carbocycles. The minimum absolute atomic E-state index is 0.0157. The summed E-state index contributed by atoms with van der Waals surface area (Å²) in [6, 6.07) is 3.95. The molecule has 122 valence electrons. The van der Waals surface area contributed by atoms with E-state index in [1.165, 1.54) is 0 Å². The molecule has 5 nitrogen and oxygen atoms in total. The second-order valence-corrected chi connectivity index (χ2v) is 5.60. The normalized spacial score (nSPS) is 12.0. The van der Waals surface area contributed by atoms with E-state index in [9.17, 15) is 4.79 Å². The van der Waals surface area contributed by atoms with Gasteiger partial charge < -0.3 is 4.90 Å². The van der Waals surface area contributed by atoms with Gasteiger partial charge in [-0.05, 0) is 18.1 Å². The quantitative estimate of drug-likeness (QED) is 0.786. The third-order valence-corrected chi connectivity index (χ3v) is 3.96. The van der Waals surface area contributed by atoms with Gasteiger partial charge in [0.15, 0.2) is 0 Å². The molecule has 0 saturated carbocycles. The zero-order valence-corrected chi connectivity index (χ0v) is 14.1. The molecule has 0 N–H and O–H groups in total. The number of carbonyl (C=O) groups excluding carboxylic acids is 1. The van der Waals surface area contributed by atoms with Crippen LogP contribution in [0.5, 0.6) is 0 Å². The number of pyridine rings is 1. The van der Waals surface area contributed by atoms with Crippen LogP contribution in [0.2, 0.25) is 0 Å². The Labute approximate surface area is 137 Å². The summed E-state index contributed by atoms with van der Waals surface area (Å²) in [6.07, 6.45) is 10.6. The molecule has 0 aliphatic rings. The predicted molar refractivity (Wildman–Crippen MR) is 90.0 cm³/mol. The van der Waals surface area contributed by atoms with Gasteiger partial charge in [0.1, 0.15) is 5.82 Å². The van der Waals surface area contributed by atoms with Crippen LogP contribution < -0.4 is 0 Å². The Bertz CT molecular complexity index is 613. The number of rotatable bonds is 7. The van der Waals surface area contributed by atoms with Crippen molar-refractivity contribution in [2.75, 3.05) is 7.05 Å². The summed E-state index contributed by atoms with van der Waals surface area (Å²) in [6.45, 7) is 4.14. The van der Waals surface area contributed by atoms with E-state index in [4.69, 9.17) is 0 Å². The highest BCUT2D eigenvalue weighted by Crippen LogP contribution is 2.26. The van der Waals surface area contributed by atoms with Gasteiger partial charge in [0, 0.05) is 38.3 Å². The molecule has 2 aromatic rings. The van der Waals surface area contributed by atoms with Crippen LogP contribution in [-0.2, 0) is 6.42 Å². The number of aryl methyl sites for hydroxylation is 1. The molecule has 2 heterocycles. The molecule has 0 spiro atoms. The molecular formula is C18H24N4O. The van der Waals surface area contributed by atoms with E-state index >= 15 is 0 Å². The Morgan fingerprint density at radius 1 is 1.22 bits per heavy atom. The summed E-state index contributed by atoms with van der Waals surface area (Å²) in [5.74, 6) is 0.691. The van der Waals surface area contributed by atoms with Crippen LogP contribution in [0, 0.1) is 0 Å². The second-order valence-electron chi connectivity index (χ2n) is 5.60. The van der Waals surface area contributed by atoms with Crippen molar-refractivity contribution in [3.8, 4) is 0 Å². The standard InChI is InChI=1S/C18H24N4O/c1-4-6-9-16(14-8-7-10-19-11-14)22(3)18(23)15-12-20-17(5-2)21-13-15/h7-8,10-13,16H,4-6,9H2,1-3H3. The first-order valence-corrected chi connectivity index (χ1v) is 8.15. The molecule has 23 heavy (non-hydrogen) atoms. The number of aromatic nitrogens is 3. The number of hydrogen-bond acceptors (Lipinski definition) is 4. The number of amides is 1. The van der Waals surface area contributed by atoms with E-state index in [2.05, 4.69) is 21.9 Å². The van der Waals surface area contributed by atoms with Gasteiger partial charge >= 0.3 is 0 Å². The van der Waals surface area contributed by atoms with Crippen LogP contribution in [0.4, 0.5) is 0 Å². The largest absolute Gasteiger partial charge is 0.335 e. The Balaban J connectivity index is 2.21. The maximum absolute atomic E-state index is 12.7. The van der Waals surface area contributed by atoms with Crippen LogP contribution >= 0.6 is 0 Å². The van der Waals surface area contributed by atoms with Crippen LogP contribution in [0.1, 0.15) is 60.9 Å². The number of carbonyl (C=O) groups is 1. The number of nitrogens with zero attached hydrogens (tertiary/aromatic N) is 4. The lowest BCUT2D eigenvalue weighted by atomic mass is 10.0. The first-order chi connectivity index (χ1) is 11.2. The molecule has 1 atom stereocenters. The summed E-state index contributed by atoms with van der Waals surface area (Å²) in [5, 5.41) is 0. The van der Waals surface area contributed by atoms with Crippen molar-refractivity contribution in [3.63, 3.8) is 0 Å². The fourth-order valence-electron chi connectivity index (χ4n) is 2.55. The highest BCUT2D eigenvalue weighted by Gasteiger charge is 2.23. The van der Waals surface area contributed by atoms with E-state index in [0.29, 0.717) is 5.56 Å². The van der Waals surface area contributed by atoms with E-state index in [1.807, 2.05) is 32.3 Å². The Kier molecular flexibility index (Phi) is 6.20. The van der Waals surface area contributed by atoms with Crippen molar-refractivity contribution in [3.05, 3.63) is 53.9 Å². The van der Waals surface area contributed by atoms with Crippen molar-refractivity contribution in [1.29, 1.82) is 0 Å². The van der Waals surface area contributed by atoms with Crippen molar-refractivity contribution >= 4 is 5.91 Å². The Morgan fingerprint density at radius 3 is 2.52 bits per heavy atom. The fraction of sp³-hybridized carbons (Fsp3) is 0.444. The molecule has 0 fully saturated rings. The molecule has 5 heteroatoms. The lowest BCUT2D eigenvalue weighted by Crippen LogP contribution is -2.31. The van der Waals surface area contributed by atoms with E-state index in [1.54, 1.807) is 23.5 Å². The topological polar surface area (TPSA) is 59.0 Å². The third-order valence-electron chi connectivity index (χ3n) is 3.96. The summed E-state index contributed by atoms with van der Waals surface area (Å²) < 4.78 is 0. The van der Waals surface area contributed by atoms with Gasteiger partial charge in [0.25, 0.3) is 5.91 Å². The maximum atomic E-state index is 12.7. The van der Waals surface area contributed by atoms with Gasteiger partial charge in [-0.3, -0.25) is 9.78 Å². The van der Waals surface area contributed by atoms with Gasteiger partial charge in [-0.2, -0.15) is 0 Å². The lowest BCUT2D eigenvalue weighted by molar-refractivity contribution is 0.0719. The fourth-order valence-corrected chi connectivity index (χ4v) is 2.55. The van der Waals surface area contributed by atoms with Gasteiger partial charge in [-0.1, -0.05) is 32.8 Å². The number of hydrogen-bond donors (Lipinski definition) is 0. The van der Waals surface area contributed by atoms with Crippen molar-refractivity contribution in [2.24, 2.45) is 0 Å². The first-order valence-electron chi connectivity index (χ1n) is 8.15. The zero-order chi connectivity index (χ0) is 16.7. The van der Waals surface area contributed by atoms with Crippen LogP contribution in [0.25, 0.3) is 0 Å². The van der Waals surface area contributed by atoms with E-state index < -0.39 is 0 Å². The van der Waals surface area contributed by atoms with Crippen molar-refractivity contribution < 1.29 is 4.79 Å². The van der Waals surface area contributed by atoms with Crippen LogP contribution in [0.3, 0.4) is 0 Å². The van der Waals surface area contributed by atoms with Gasteiger partial charge in [-0.15, -0.1) is 0 Å². The Hall–Kier alpha value is -2.30. The van der Waals surface area contributed by atoms with Gasteiger partial charge in [0.05, 0.1) is 11.6 Å². The van der Waals surface area contributed by atoms with Crippen molar-refractivity contribution in [2.45, 2.75) is 45.6 Å². The second kappa shape index (κ2) is 8.36. The molecule has 0 bridgehead atoms. The molecule has 1 amide bonds. The minimum atomic E-state index is -0.0578. The molecule has 1 unspecified atom stereocenters. The Morgan fingerprint density at radius 2 is 1.96 bits per heavy atom. The summed E-state index contributed by atoms with van der Waals surface area (Å²) in [4.78, 5) is 27.2. The summed E-state index contributed by atoms with van der Waals surface area (Å²) in [7, 11) is 1.84. The molecule has 0 radical (unpaired) electrons. The average Bonchev–Trinajstić information content (AvgIpc) is 2.62. The van der Waals surface area contributed by atoms with E-state index in [-0.39, 0.29) is 11.9 Å². The monoisotopic (exact) mass is 312 g/mol. The molecular weight excluding hydrogens is 288 g/mol. The molecule has 2 aromatic heterocycles. The van der Waals surface area contributed by atoms with Crippen LogP contribution in [0.15, 0.2) is 36.9 Å². The molecule has 0 aromatic carbocycles. The van der Waals surface area contributed by atoms with Crippen molar-refractivity contribution in [1.82, 2.24) is 19.9 Å². The smallest absolute Gasteiger partial charge is 0.257 e. The molecule has 2 rings (SSSR count). The summed E-state index contributed by atoms with van der Waals surface area (Å²) in [5.41, 5.74) is 1.58. The van der Waals surface area contributed by atoms with E-state index in [0.717, 1.165) is 37.1 Å². The lowest BCUT2D eigenvalue weighted by Gasteiger charge is -2.28. The highest BCUT2D eigenvalue weighted by atomic mass is 16.2. The molecule has 0 saturated heterocycles. The summed E-state index contributed by atoms with van der Waals surface area (Å²) >= 11 is 0. The van der Waals surface area contributed by atoms with Crippen LogP contribution in [-0.4, -0.2) is 32.8 Å². The zero-order valence-electron chi connectivity index (χ0n) is 14.1. The number of unbranched alkanes of at least 4 members (excludes halogenated alkanes) is 1. The minimum Gasteiger partial charge on any atom is -0.335 e. The first kappa shape index (κ1) is 17.1. The molecule has 0 aliphatic heterocycles. The van der Waals surface area contributed by atoms with Gasteiger partial charge in [-0.25, -0.2) is 9.97 Å². The third kappa shape index (κ3) is 4.34.